The van der Waals surface area contributed by atoms with Crippen molar-refractivity contribution in [3.63, 3.8) is 0 Å². The van der Waals surface area contributed by atoms with E-state index < -0.39 is 9.84 Å². The average molecular weight is 522 g/mol. The largest absolute Gasteiger partial charge is 0.356 e. The van der Waals surface area contributed by atoms with Crippen LogP contribution in [0.1, 0.15) is 56.8 Å². The van der Waals surface area contributed by atoms with Crippen LogP contribution in [-0.4, -0.2) is 51.2 Å². The number of pyridine rings is 1. The number of aromatic nitrogens is 1. The van der Waals surface area contributed by atoms with Crippen LogP contribution >= 0.6 is 0 Å². The van der Waals surface area contributed by atoms with Gasteiger partial charge >= 0.3 is 0 Å². The minimum absolute atomic E-state index is 0.0137. The van der Waals surface area contributed by atoms with Crippen LogP contribution in [0, 0.1) is 28.1 Å². The molecule has 0 bridgehead atoms. The quantitative estimate of drug-likeness (QED) is 0.597. The molecular formula is C28H35N5O3S. The fourth-order valence-corrected chi connectivity index (χ4v) is 7.17. The van der Waals surface area contributed by atoms with E-state index in [-0.39, 0.29) is 27.9 Å². The molecule has 2 saturated heterocycles. The Morgan fingerprint density at radius 3 is 2.43 bits per heavy atom. The molecule has 0 radical (unpaired) electrons. The van der Waals surface area contributed by atoms with Gasteiger partial charge in [0.05, 0.1) is 28.2 Å². The lowest BCUT2D eigenvalue weighted by atomic mass is 9.93. The van der Waals surface area contributed by atoms with E-state index in [2.05, 4.69) is 21.2 Å². The highest BCUT2D eigenvalue weighted by Crippen LogP contribution is 2.54. The minimum Gasteiger partial charge on any atom is -0.356 e. The highest BCUT2D eigenvalue weighted by atomic mass is 32.2. The second kappa shape index (κ2) is 9.32. The van der Waals surface area contributed by atoms with Gasteiger partial charge in [-0.25, -0.2) is 13.4 Å². The summed E-state index contributed by atoms with van der Waals surface area (Å²) in [5.74, 6) is 1.15. The molecular weight excluding hydrogens is 486 g/mol. The van der Waals surface area contributed by atoms with Gasteiger partial charge in [-0.1, -0.05) is 26.8 Å². The minimum atomic E-state index is -3.49. The first kappa shape index (κ1) is 25.5. The molecule has 1 spiro atoms. The molecule has 9 heteroatoms. The van der Waals surface area contributed by atoms with Crippen LogP contribution in [0.2, 0.25) is 0 Å². The second-order valence-corrected chi connectivity index (χ2v) is 14.0. The standard InChI is InChI=1S/C28H35N5O3S/c1-27(2,3)19-37(35,36)22-6-4-5-21(15-22)30-26(34)23-7-8-24(33-17-20(16-29)18-33)31-25(23)32-13-11-28(9-10-28)12-14-32/h4-8,15,20H,9-14,17-19H2,1-3H3,(H,30,34). The molecule has 1 aliphatic carbocycles. The lowest BCUT2D eigenvalue weighted by Crippen LogP contribution is -2.46. The Kier molecular flexibility index (Phi) is 6.43. The molecule has 1 N–H and O–H groups in total. The Morgan fingerprint density at radius 1 is 1.11 bits per heavy atom. The maximum atomic E-state index is 13.5. The van der Waals surface area contributed by atoms with Gasteiger partial charge in [-0.2, -0.15) is 5.26 Å². The smallest absolute Gasteiger partial charge is 0.259 e. The van der Waals surface area contributed by atoms with E-state index in [4.69, 9.17) is 10.2 Å². The number of hydrogen-bond acceptors (Lipinski definition) is 7. The number of rotatable bonds is 6. The number of carbonyl (C=O) groups is 1. The molecule has 0 unspecified atom stereocenters. The van der Waals surface area contributed by atoms with E-state index in [9.17, 15) is 13.2 Å². The Bertz CT molecular complexity index is 1340. The van der Waals surface area contributed by atoms with Crippen molar-refractivity contribution < 1.29 is 13.2 Å². The van der Waals surface area contributed by atoms with Crippen molar-refractivity contribution in [2.24, 2.45) is 16.7 Å². The number of hydrogen-bond donors (Lipinski definition) is 1. The van der Waals surface area contributed by atoms with Gasteiger partial charge in [0.1, 0.15) is 11.6 Å². The summed E-state index contributed by atoms with van der Waals surface area (Å²) < 4.78 is 25.8. The fraction of sp³-hybridized carbons (Fsp3) is 0.536. The van der Waals surface area contributed by atoms with Crippen molar-refractivity contribution in [2.45, 2.75) is 51.3 Å². The lowest BCUT2D eigenvalue weighted by Gasteiger charge is -2.38. The predicted octanol–water partition coefficient (Wildman–Crippen LogP) is 4.49. The zero-order valence-corrected chi connectivity index (χ0v) is 22.6. The first-order valence-corrected chi connectivity index (χ1v) is 14.7. The van der Waals surface area contributed by atoms with Crippen molar-refractivity contribution in [3.8, 4) is 6.07 Å². The molecule has 5 rings (SSSR count). The van der Waals surface area contributed by atoms with E-state index >= 15 is 0 Å². The Hall–Kier alpha value is -3.12. The van der Waals surface area contributed by atoms with Gasteiger partial charge in [0, 0.05) is 31.9 Å². The summed E-state index contributed by atoms with van der Waals surface area (Å²) in [5, 5.41) is 12.1. The number of piperidine rings is 1. The van der Waals surface area contributed by atoms with Gasteiger partial charge in [-0.3, -0.25) is 4.79 Å². The average Bonchev–Trinajstić information content (AvgIpc) is 3.56. The molecule has 1 aromatic carbocycles. The van der Waals surface area contributed by atoms with Crippen LogP contribution in [0.4, 0.5) is 17.3 Å². The molecule has 1 aromatic heterocycles. The molecule has 2 aliphatic heterocycles. The summed E-state index contributed by atoms with van der Waals surface area (Å²) in [6.07, 6.45) is 4.79. The molecule has 0 atom stereocenters. The topological polar surface area (TPSA) is 106 Å². The fourth-order valence-electron chi connectivity index (χ4n) is 5.27. The first-order chi connectivity index (χ1) is 17.5. The van der Waals surface area contributed by atoms with E-state index in [0.29, 0.717) is 35.6 Å². The Morgan fingerprint density at radius 2 is 1.81 bits per heavy atom. The number of carbonyl (C=O) groups excluding carboxylic acids is 1. The maximum absolute atomic E-state index is 13.5. The van der Waals surface area contributed by atoms with Gasteiger partial charge < -0.3 is 15.1 Å². The van der Waals surface area contributed by atoms with Crippen molar-refractivity contribution in [3.05, 3.63) is 42.0 Å². The molecule has 1 amide bonds. The lowest BCUT2D eigenvalue weighted by molar-refractivity contribution is 0.102. The van der Waals surface area contributed by atoms with Crippen LogP contribution in [0.25, 0.3) is 0 Å². The van der Waals surface area contributed by atoms with Gasteiger partial charge in [0.2, 0.25) is 0 Å². The number of amides is 1. The summed E-state index contributed by atoms with van der Waals surface area (Å²) in [6.45, 7) is 8.68. The SMILES string of the molecule is CC(C)(C)CS(=O)(=O)c1cccc(NC(=O)c2ccc(N3CC(C#N)C3)nc2N2CCC3(CC2)CC3)c1. The van der Waals surface area contributed by atoms with Gasteiger partial charge in [0.25, 0.3) is 5.91 Å². The van der Waals surface area contributed by atoms with Crippen molar-refractivity contribution in [1.29, 1.82) is 5.26 Å². The second-order valence-electron chi connectivity index (χ2n) is 12.1. The molecule has 3 heterocycles. The summed E-state index contributed by atoms with van der Waals surface area (Å²) >= 11 is 0. The maximum Gasteiger partial charge on any atom is 0.259 e. The number of nitrogens with zero attached hydrogens (tertiary/aromatic N) is 4. The first-order valence-electron chi connectivity index (χ1n) is 13.0. The van der Waals surface area contributed by atoms with Crippen molar-refractivity contribution >= 4 is 33.1 Å². The molecule has 2 aromatic rings. The summed E-state index contributed by atoms with van der Waals surface area (Å²) in [4.78, 5) is 22.9. The van der Waals surface area contributed by atoms with Crippen molar-refractivity contribution in [2.75, 3.05) is 47.0 Å². The van der Waals surface area contributed by atoms with E-state index in [1.54, 1.807) is 24.3 Å². The predicted molar refractivity (Wildman–Crippen MR) is 145 cm³/mol. The van der Waals surface area contributed by atoms with E-state index in [1.165, 1.54) is 18.9 Å². The third-order valence-corrected chi connectivity index (χ3v) is 9.87. The Labute approximate surface area is 219 Å². The molecule has 196 valence electrons. The highest BCUT2D eigenvalue weighted by Gasteiger charge is 2.45. The van der Waals surface area contributed by atoms with Crippen LogP contribution < -0.4 is 15.1 Å². The van der Waals surface area contributed by atoms with E-state index in [1.807, 2.05) is 26.8 Å². The summed E-state index contributed by atoms with van der Waals surface area (Å²) in [5.41, 5.74) is 1.02. The molecule has 1 saturated carbocycles. The number of nitriles is 1. The van der Waals surface area contributed by atoms with Gasteiger partial charge in [-0.15, -0.1) is 0 Å². The summed E-state index contributed by atoms with van der Waals surface area (Å²) in [7, 11) is -3.49. The van der Waals surface area contributed by atoms with Crippen LogP contribution in [0.15, 0.2) is 41.3 Å². The number of nitrogens with one attached hydrogen (secondary N) is 1. The molecule has 3 aliphatic rings. The number of sulfone groups is 1. The zero-order chi connectivity index (χ0) is 26.4. The molecule has 3 fully saturated rings. The van der Waals surface area contributed by atoms with Crippen LogP contribution in [-0.2, 0) is 9.84 Å². The monoisotopic (exact) mass is 521 g/mol. The van der Waals surface area contributed by atoms with Gasteiger partial charge in [-0.05, 0) is 66.8 Å². The third kappa shape index (κ3) is 5.59. The third-order valence-electron chi connectivity index (χ3n) is 7.65. The summed E-state index contributed by atoms with van der Waals surface area (Å²) in [6, 6.07) is 12.4. The van der Waals surface area contributed by atoms with Crippen molar-refractivity contribution in [1.82, 2.24) is 4.98 Å². The zero-order valence-electron chi connectivity index (χ0n) is 21.8. The Balaban J connectivity index is 1.39. The highest BCUT2D eigenvalue weighted by molar-refractivity contribution is 7.91. The van der Waals surface area contributed by atoms with E-state index in [0.717, 1.165) is 31.7 Å². The number of anilines is 3. The molecule has 37 heavy (non-hydrogen) atoms. The normalized spacial score (nSPS) is 19.3. The van der Waals surface area contributed by atoms with Crippen LogP contribution in [0.3, 0.4) is 0 Å². The number of benzene rings is 1. The van der Waals surface area contributed by atoms with Gasteiger partial charge in [0.15, 0.2) is 9.84 Å². The van der Waals surface area contributed by atoms with Crippen LogP contribution in [0.5, 0.6) is 0 Å². The molecule has 8 nitrogen and oxygen atoms in total.